The number of nitrogens with zero attached hydrogens (tertiary/aromatic N) is 1. The van der Waals surface area contributed by atoms with Crippen LogP contribution < -0.4 is 10.2 Å². The fraction of sp³-hybridized carbons (Fsp3) is 0.600. The average Bonchev–Trinajstić information content (AvgIpc) is 2.78. The van der Waals surface area contributed by atoms with E-state index >= 15 is 0 Å². The molecule has 0 saturated carbocycles. The molecule has 0 amide bonds. The maximum atomic E-state index is 13.3. The average molecular weight is 250 g/mol. The van der Waals surface area contributed by atoms with Crippen molar-refractivity contribution in [2.45, 2.75) is 33.2 Å². The third kappa shape index (κ3) is 3.22. The lowest BCUT2D eigenvalue weighted by Crippen LogP contribution is -2.30. The number of halogens is 1. The maximum Gasteiger partial charge on any atom is 0.125 e. The molecule has 1 aliphatic rings. The highest BCUT2D eigenvalue weighted by Gasteiger charge is 2.23. The fourth-order valence-corrected chi connectivity index (χ4v) is 2.54. The molecule has 1 aromatic carbocycles. The Bertz CT molecular complexity index is 403. The van der Waals surface area contributed by atoms with Crippen LogP contribution in [0.5, 0.6) is 0 Å². The number of anilines is 1. The van der Waals surface area contributed by atoms with Crippen molar-refractivity contribution >= 4 is 5.69 Å². The van der Waals surface area contributed by atoms with Gasteiger partial charge < -0.3 is 10.2 Å². The van der Waals surface area contributed by atoms with Crippen molar-refractivity contribution < 1.29 is 4.39 Å². The Morgan fingerprint density at radius 1 is 1.44 bits per heavy atom. The summed E-state index contributed by atoms with van der Waals surface area (Å²) < 4.78 is 13.3. The first-order chi connectivity index (χ1) is 8.56. The summed E-state index contributed by atoms with van der Waals surface area (Å²) >= 11 is 0. The van der Waals surface area contributed by atoms with Gasteiger partial charge in [-0.2, -0.15) is 0 Å². The third-order valence-electron chi connectivity index (χ3n) is 3.61. The van der Waals surface area contributed by atoms with Crippen LogP contribution in [-0.2, 0) is 0 Å². The lowest BCUT2D eigenvalue weighted by molar-refractivity contribution is 0.480. The van der Waals surface area contributed by atoms with Gasteiger partial charge in [-0.15, -0.1) is 0 Å². The number of hydrogen-bond donors (Lipinski definition) is 1. The number of aryl methyl sites for hydroxylation is 1. The van der Waals surface area contributed by atoms with Crippen molar-refractivity contribution in [3.63, 3.8) is 0 Å². The van der Waals surface area contributed by atoms with E-state index in [2.05, 4.69) is 31.0 Å². The van der Waals surface area contributed by atoms with Crippen LogP contribution in [0.4, 0.5) is 10.1 Å². The van der Waals surface area contributed by atoms with Crippen molar-refractivity contribution in [2.24, 2.45) is 5.92 Å². The van der Waals surface area contributed by atoms with Gasteiger partial charge >= 0.3 is 0 Å². The molecule has 1 heterocycles. The van der Waals surface area contributed by atoms with Crippen LogP contribution in [0.15, 0.2) is 18.2 Å². The van der Waals surface area contributed by atoms with Gasteiger partial charge in [-0.25, -0.2) is 4.39 Å². The van der Waals surface area contributed by atoms with Gasteiger partial charge in [-0.1, -0.05) is 19.9 Å². The van der Waals surface area contributed by atoms with E-state index in [9.17, 15) is 4.39 Å². The van der Waals surface area contributed by atoms with E-state index < -0.39 is 0 Å². The third-order valence-corrected chi connectivity index (χ3v) is 3.61. The molecule has 0 aromatic heterocycles. The highest BCUT2D eigenvalue weighted by Crippen LogP contribution is 2.27. The van der Waals surface area contributed by atoms with Crippen molar-refractivity contribution in [3.8, 4) is 0 Å². The Morgan fingerprint density at radius 2 is 2.22 bits per heavy atom. The number of benzene rings is 1. The minimum atomic E-state index is -0.139. The predicted octanol–water partition coefficient (Wildman–Crippen LogP) is 2.96. The minimum Gasteiger partial charge on any atom is -0.371 e. The van der Waals surface area contributed by atoms with Crippen molar-refractivity contribution in [3.05, 3.63) is 29.6 Å². The molecule has 0 bridgehead atoms. The van der Waals surface area contributed by atoms with Gasteiger partial charge in [0.25, 0.3) is 0 Å². The Morgan fingerprint density at radius 3 is 2.94 bits per heavy atom. The summed E-state index contributed by atoms with van der Waals surface area (Å²) in [6, 6.07) is 5.60. The first kappa shape index (κ1) is 13.3. The van der Waals surface area contributed by atoms with Crippen LogP contribution in [0.1, 0.15) is 25.8 Å². The van der Waals surface area contributed by atoms with E-state index in [0.29, 0.717) is 12.0 Å². The Kier molecular flexibility index (Phi) is 4.23. The second-order valence-electron chi connectivity index (χ2n) is 5.59. The molecule has 1 atom stereocenters. The monoisotopic (exact) mass is 250 g/mol. The van der Waals surface area contributed by atoms with E-state index in [1.54, 1.807) is 6.07 Å². The van der Waals surface area contributed by atoms with Gasteiger partial charge in [0.05, 0.1) is 0 Å². The van der Waals surface area contributed by atoms with Crippen LogP contribution in [0, 0.1) is 18.7 Å². The van der Waals surface area contributed by atoms with Gasteiger partial charge in [0, 0.05) is 24.8 Å². The largest absolute Gasteiger partial charge is 0.371 e. The molecule has 1 N–H and O–H groups in total. The van der Waals surface area contributed by atoms with Crippen molar-refractivity contribution in [1.82, 2.24) is 5.32 Å². The first-order valence-electron chi connectivity index (χ1n) is 6.80. The zero-order chi connectivity index (χ0) is 13.1. The summed E-state index contributed by atoms with van der Waals surface area (Å²) in [7, 11) is 0. The van der Waals surface area contributed by atoms with E-state index in [1.165, 1.54) is 12.5 Å². The summed E-state index contributed by atoms with van der Waals surface area (Å²) in [5.41, 5.74) is 2.22. The Labute approximate surface area is 109 Å². The zero-order valence-corrected chi connectivity index (χ0v) is 11.5. The quantitative estimate of drug-likeness (QED) is 0.884. The zero-order valence-electron chi connectivity index (χ0n) is 11.5. The van der Waals surface area contributed by atoms with Gasteiger partial charge in [0.1, 0.15) is 5.82 Å². The number of rotatable bonds is 4. The van der Waals surface area contributed by atoms with Gasteiger partial charge in [-0.05, 0) is 43.5 Å². The molecule has 1 fully saturated rings. The molecule has 0 spiro atoms. The fourth-order valence-electron chi connectivity index (χ4n) is 2.54. The van der Waals surface area contributed by atoms with E-state index in [4.69, 9.17) is 0 Å². The van der Waals surface area contributed by atoms with Gasteiger partial charge in [-0.3, -0.25) is 0 Å². The van der Waals surface area contributed by atoms with E-state index in [0.717, 1.165) is 30.9 Å². The van der Waals surface area contributed by atoms with Crippen LogP contribution in [-0.4, -0.2) is 25.7 Å². The summed E-state index contributed by atoms with van der Waals surface area (Å²) in [5.74, 6) is 0.537. The molecule has 3 heteroatoms. The minimum absolute atomic E-state index is 0.139. The van der Waals surface area contributed by atoms with Crippen molar-refractivity contribution in [2.75, 3.05) is 24.5 Å². The van der Waals surface area contributed by atoms with Crippen LogP contribution in [0.25, 0.3) is 0 Å². The molecular formula is C15H23FN2. The summed E-state index contributed by atoms with van der Waals surface area (Å²) in [4.78, 5) is 2.31. The summed E-state index contributed by atoms with van der Waals surface area (Å²) in [6.07, 6.45) is 1.19. The first-order valence-corrected chi connectivity index (χ1v) is 6.80. The summed E-state index contributed by atoms with van der Waals surface area (Å²) in [6.45, 7) is 9.52. The Balaban J connectivity index is 1.97. The smallest absolute Gasteiger partial charge is 0.125 e. The molecule has 0 radical (unpaired) electrons. The molecule has 1 aliphatic heterocycles. The highest BCUT2D eigenvalue weighted by atomic mass is 19.1. The lowest BCUT2D eigenvalue weighted by Gasteiger charge is -2.21. The van der Waals surface area contributed by atoms with Gasteiger partial charge in [0.15, 0.2) is 0 Å². The van der Waals surface area contributed by atoms with Crippen molar-refractivity contribution in [1.29, 1.82) is 0 Å². The molecule has 1 unspecified atom stereocenters. The standard InChI is InChI=1S/C15H23FN2/c1-11(2)17-9-13-6-7-18(10-13)15-8-14(16)5-4-12(15)3/h4-5,8,11,13,17H,6-7,9-10H2,1-3H3. The molecular weight excluding hydrogens is 227 g/mol. The Hall–Kier alpha value is -1.09. The number of nitrogens with one attached hydrogen (secondary N) is 1. The molecule has 18 heavy (non-hydrogen) atoms. The second-order valence-corrected chi connectivity index (χ2v) is 5.59. The second kappa shape index (κ2) is 5.70. The molecule has 2 rings (SSSR count). The molecule has 2 nitrogen and oxygen atoms in total. The van der Waals surface area contributed by atoms with Crippen LogP contribution >= 0.6 is 0 Å². The molecule has 0 aliphatic carbocycles. The molecule has 100 valence electrons. The topological polar surface area (TPSA) is 15.3 Å². The van der Waals surface area contributed by atoms with E-state index in [1.807, 2.05) is 6.07 Å². The highest BCUT2D eigenvalue weighted by molar-refractivity contribution is 5.54. The predicted molar refractivity (Wildman–Crippen MR) is 74.6 cm³/mol. The van der Waals surface area contributed by atoms with Crippen LogP contribution in [0.3, 0.4) is 0 Å². The number of hydrogen-bond acceptors (Lipinski definition) is 2. The summed E-state index contributed by atoms with van der Waals surface area (Å²) in [5, 5.41) is 3.48. The SMILES string of the molecule is Cc1ccc(F)cc1N1CCC(CNC(C)C)C1. The maximum absolute atomic E-state index is 13.3. The van der Waals surface area contributed by atoms with E-state index in [-0.39, 0.29) is 5.82 Å². The molecule has 1 saturated heterocycles. The normalized spacial score (nSPS) is 19.8. The molecule has 1 aromatic rings. The van der Waals surface area contributed by atoms with Crippen LogP contribution in [0.2, 0.25) is 0 Å². The van der Waals surface area contributed by atoms with Gasteiger partial charge in [0.2, 0.25) is 0 Å². The lowest BCUT2D eigenvalue weighted by atomic mass is 10.1.